The summed E-state index contributed by atoms with van der Waals surface area (Å²) in [5, 5.41) is 0. The highest BCUT2D eigenvalue weighted by Crippen LogP contribution is 2.25. The highest BCUT2D eigenvalue weighted by atomic mass is 15.1. The van der Waals surface area contributed by atoms with Crippen LogP contribution in [0.25, 0.3) is 28.8 Å². The van der Waals surface area contributed by atoms with Crippen LogP contribution in [0.4, 0.5) is 5.82 Å². The van der Waals surface area contributed by atoms with Gasteiger partial charge in [-0.2, -0.15) is 0 Å². The lowest BCUT2D eigenvalue weighted by atomic mass is 10.2. The summed E-state index contributed by atoms with van der Waals surface area (Å²) in [6.45, 7) is 3.79. The number of hydrogen-bond donors (Lipinski definition) is 1. The minimum atomic E-state index is 0.373. The van der Waals surface area contributed by atoms with Crippen molar-refractivity contribution in [1.82, 2.24) is 19.5 Å². The van der Waals surface area contributed by atoms with E-state index in [2.05, 4.69) is 21.5 Å². The van der Waals surface area contributed by atoms with Crippen LogP contribution in [-0.2, 0) is 0 Å². The first kappa shape index (κ1) is 10.5. The quantitative estimate of drug-likeness (QED) is 0.741. The second-order valence-electron chi connectivity index (χ2n) is 3.79. The first-order chi connectivity index (χ1) is 8.81. The van der Waals surface area contributed by atoms with Gasteiger partial charge in [-0.05, 0) is 0 Å². The van der Waals surface area contributed by atoms with Crippen molar-refractivity contribution in [2.75, 3.05) is 5.73 Å². The van der Waals surface area contributed by atoms with Crippen molar-refractivity contribution in [3.8, 4) is 11.4 Å². The van der Waals surface area contributed by atoms with Crippen molar-refractivity contribution in [3.05, 3.63) is 43.2 Å². The fraction of sp³-hybridized carbons (Fsp3) is 0. The summed E-state index contributed by atoms with van der Waals surface area (Å²) in [6, 6.07) is 9.82. The summed E-state index contributed by atoms with van der Waals surface area (Å²) in [5.74, 6) is 1.13. The summed E-state index contributed by atoms with van der Waals surface area (Å²) >= 11 is 0. The Morgan fingerprint density at radius 3 is 2.67 bits per heavy atom. The second kappa shape index (κ2) is 3.96. The van der Waals surface area contributed by atoms with E-state index in [1.807, 2.05) is 34.9 Å². The average Bonchev–Trinajstić information content (AvgIpc) is 2.80. The minimum absolute atomic E-state index is 0.373. The van der Waals surface area contributed by atoms with Crippen molar-refractivity contribution in [3.63, 3.8) is 0 Å². The Balaban J connectivity index is 2.37. The molecule has 2 heterocycles. The first-order valence-corrected chi connectivity index (χ1v) is 5.47. The number of anilines is 1. The molecule has 1 aromatic carbocycles. The third-order valence-corrected chi connectivity index (χ3v) is 2.72. The van der Waals surface area contributed by atoms with Crippen LogP contribution in [0.3, 0.4) is 0 Å². The van der Waals surface area contributed by atoms with Crippen LogP contribution in [0.1, 0.15) is 0 Å². The summed E-state index contributed by atoms with van der Waals surface area (Å²) in [5.41, 5.74) is 8.05. The maximum Gasteiger partial charge on any atom is 0.170 e. The zero-order chi connectivity index (χ0) is 12.5. The van der Waals surface area contributed by atoms with E-state index in [1.54, 1.807) is 6.20 Å². The third kappa shape index (κ3) is 1.45. The molecule has 0 unspecified atom stereocenters. The number of nitrogens with two attached hydrogens (primary N) is 1. The molecule has 0 radical (unpaired) electrons. The Kier molecular flexibility index (Phi) is 2.30. The highest BCUT2D eigenvalue weighted by molar-refractivity contribution is 5.86. The lowest BCUT2D eigenvalue weighted by molar-refractivity contribution is 1.13. The zero-order valence-electron chi connectivity index (χ0n) is 9.61. The average molecular weight is 237 g/mol. The maximum atomic E-state index is 5.81. The Hall–Kier alpha value is -2.69. The maximum absolute atomic E-state index is 5.81. The number of imidazole rings is 1. The van der Waals surface area contributed by atoms with E-state index in [9.17, 15) is 0 Å². The number of hydrogen-bond acceptors (Lipinski definition) is 4. The molecule has 3 aromatic rings. The van der Waals surface area contributed by atoms with Gasteiger partial charge in [-0.3, -0.25) is 4.57 Å². The molecule has 5 nitrogen and oxygen atoms in total. The van der Waals surface area contributed by atoms with Gasteiger partial charge in [0, 0.05) is 11.8 Å². The lowest BCUT2D eigenvalue weighted by Crippen LogP contribution is -1.94. The molecule has 0 bridgehead atoms. The van der Waals surface area contributed by atoms with Gasteiger partial charge in [-0.1, -0.05) is 36.9 Å². The van der Waals surface area contributed by atoms with Crippen LogP contribution in [-0.4, -0.2) is 19.5 Å². The molecule has 0 saturated carbocycles. The molecule has 2 N–H and O–H groups in total. The van der Waals surface area contributed by atoms with Crippen LogP contribution >= 0.6 is 0 Å². The molecular weight excluding hydrogens is 226 g/mol. The van der Waals surface area contributed by atoms with Gasteiger partial charge < -0.3 is 5.73 Å². The molecular formula is C13H11N5. The fourth-order valence-corrected chi connectivity index (χ4v) is 1.89. The van der Waals surface area contributed by atoms with Crippen LogP contribution < -0.4 is 5.73 Å². The van der Waals surface area contributed by atoms with Gasteiger partial charge in [0.25, 0.3) is 0 Å². The van der Waals surface area contributed by atoms with Crippen molar-refractivity contribution < 1.29 is 0 Å². The van der Waals surface area contributed by atoms with Crippen LogP contribution in [0.15, 0.2) is 43.2 Å². The number of rotatable bonds is 2. The van der Waals surface area contributed by atoms with E-state index in [1.165, 1.54) is 6.33 Å². The predicted molar refractivity (Wildman–Crippen MR) is 71.6 cm³/mol. The lowest BCUT2D eigenvalue weighted by Gasteiger charge is -2.01. The van der Waals surface area contributed by atoms with Gasteiger partial charge in [0.05, 0.1) is 0 Å². The van der Waals surface area contributed by atoms with E-state index < -0.39 is 0 Å². The molecule has 2 aromatic heterocycles. The first-order valence-electron chi connectivity index (χ1n) is 5.47. The second-order valence-corrected chi connectivity index (χ2v) is 3.79. The molecule has 88 valence electrons. The third-order valence-electron chi connectivity index (χ3n) is 2.72. The van der Waals surface area contributed by atoms with Gasteiger partial charge in [0.1, 0.15) is 12.2 Å². The van der Waals surface area contributed by atoms with E-state index in [-0.39, 0.29) is 0 Å². The van der Waals surface area contributed by atoms with E-state index in [4.69, 9.17) is 5.73 Å². The van der Waals surface area contributed by atoms with Crippen molar-refractivity contribution in [1.29, 1.82) is 0 Å². The molecule has 0 aliphatic carbocycles. The van der Waals surface area contributed by atoms with Gasteiger partial charge in [-0.15, -0.1) is 0 Å². The number of aromatic nitrogens is 4. The molecule has 5 heteroatoms. The summed E-state index contributed by atoms with van der Waals surface area (Å²) < 4.78 is 1.81. The van der Waals surface area contributed by atoms with Gasteiger partial charge in [0.2, 0.25) is 0 Å². The Bertz CT molecular complexity index is 715. The van der Waals surface area contributed by atoms with E-state index in [0.29, 0.717) is 17.0 Å². The summed E-state index contributed by atoms with van der Waals surface area (Å²) in [6.07, 6.45) is 3.10. The number of fused-ring (bicyclic) bond motifs is 1. The topological polar surface area (TPSA) is 69.6 Å². The van der Waals surface area contributed by atoms with Crippen molar-refractivity contribution in [2.24, 2.45) is 0 Å². The molecule has 0 saturated heterocycles. The Morgan fingerprint density at radius 2 is 1.94 bits per heavy atom. The normalized spacial score (nSPS) is 10.7. The number of nitrogens with zero attached hydrogens (tertiary/aromatic N) is 4. The van der Waals surface area contributed by atoms with Crippen LogP contribution in [0, 0.1) is 0 Å². The van der Waals surface area contributed by atoms with Crippen LogP contribution in [0.5, 0.6) is 0 Å². The molecule has 0 aliphatic rings. The Labute approximate surface area is 104 Å². The van der Waals surface area contributed by atoms with Gasteiger partial charge >= 0.3 is 0 Å². The predicted octanol–water partition coefficient (Wildman–Crippen LogP) is 2.18. The van der Waals surface area contributed by atoms with Crippen molar-refractivity contribution >= 4 is 23.2 Å². The van der Waals surface area contributed by atoms with E-state index >= 15 is 0 Å². The molecule has 3 rings (SSSR count). The smallest absolute Gasteiger partial charge is 0.170 e. The fourth-order valence-electron chi connectivity index (χ4n) is 1.89. The number of nitrogen functional groups attached to an aromatic ring is 1. The standard InChI is InChI=1S/C13H11N5/c1-2-18-12(9-6-4-3-5-7-9)17-10-11(14)15-8-16-13(10)18/h2-8H,1H2,(H2,14,15,16). The highest BCUT2D eigenvalue weighted by Gasteiger charge is 2.13. The number of benzene rings is 1. The molecule has 18 heavy (non-hydrogen) atoms. The minimum Gasteiger partial charge on any atom is -0.382 e. The zero-order valence-corrected chi connectivity index (χ0v) is 9.61. The van der Waals surface area contributed by atoms with E-state index in [0.717, 1.165) is 11.4 Å². The summed E-state index contributed by atoms with van der Waals surface area (Å²) in [4.78, 5) is 12.6. The Morgan fingerprint density at radius 1 is 1.17 bits per heavy atom. The van der Waals surface area contributed by atoms with Gasteiger partial charge in [-0.25, -0.2) is 15.0 Å². The largest absolute Gasteiger partial charge is 0.382 e. The molecule has 0 fully saturated rings. The molecule has 0 spiro atoms. The van der Waals surface area contributed by atoms with Gasteiger partial charge in [0.15, 0.2) is 17.0 Å². The molecule has 0 amide bonds. The SMILES string of the molecule is C=Cn1c(-c2ccccc2)nc2c(N)ncnc21. The molecule has 0 atom stereocenters. The summed E-state index contributed by atoms with van der Waals surface area (Å²) in [7, 11) is 0. The van der Waals surface area contributed by atoms with Crippen LogP contribution in [0.2, 0.25) is 0 Å². The molecule has 0 aliphatic heterocycles. The van der Waals surface area contributed by atoms with Crippen molar-refractivity contribution in [2.45, 2.75) is 0 Å². The monoisotopic (exact) mass is 237 g/mol.